The Hall–Kier alpha value is -2.56. The van der Waals surface area contributed by atoms with E-state index in [0.29, 0.717) is 23.7 Å². The third-order valence-electron chi connectivity index (χ3n) is 2.76. The molecule has 2 rings (SSSR count). The summed E-state index contributed by atoms with van der Waals surface area (Å²) in [5, 5.41) is 7.48. The number of hydrogen-bond donors (Lipinski definition) is 2. The Labute approximate surface area is 117 Å². The number of benzene rings is 1. The Morgan fingerprint density at radius 1 is 1.25 bits per heavy atom. The van der Waals surface area contributed by atoms with Crippen LogP contribution in [-0.4, -0.2) is 17.9 Å². The van der Waals surface area contributed by atoms with Gasteiger partial charge >= 0.3 is 0 Å². The molecule has 0 radical (unpaired) electrons. The maximum Gasteiger partial charge on any atom is 0.130 e. The molecule has 5 heteroatoms. The van der Waals surface area contributed by atoms with E-state index >= 15 is 0 Å². The topological polar surface area (TPSA) is 81.2 Å². The van der Waals surface area contributed by atoms with Crippen LogP contribution in [0.2, 0.25) is 0 Å². The summed E-state index contributed by atoms with van der Waals surface area (Å²) in [5.74, 6) is 1.17. The van der Waals surface area contributed by atoms with Crippen molar-refractivity contribution in [1.29, 1.82) is 5.41 Å². The maximum atomic E-state index is 7.48. The van der Waals surface area contributed by atoms with Gasteiger partial charge in [0.1, 0.15) is 23.9 Å². The minimum absolute atomic E-state index is 0.0255. The lowest BCUT2D eigenvalue weighted by Gasteiger charge is -2.10. The lowest BCUT2D eigenvalue weighted by molar-refractivity contribution is 0.298. The number of hydrogen-bond acceptors (Lipinski definition) is 4. The zero-order valence-corrected chi connectivity index (χ0v) is 11.5. The van der Waals surface area contributed by atoms with Gasteiger partial charge in [-0.1, -0.05) is 6.07 Å². The second-order valence-corrected chi connectivity index (χ2v) is 4.37. The van der Waals surface area contributed by atoms with Gasteiger partial charge < -0.3 is 15.2 Å². The molecule has 20 heavy (non-hydrogen) atoms. The van der Waals surface area contributed by atoms with Crippen LogP contribution < -0.4 is 15.2 Å². The van der Waals surface area contributed by atoms with Gasteiger partial charge in [-0.15, -0.1) is 0 Å². The Bertz CT molecular complexity index is 626. The summed E-state index contributed by atoms with van der Waals surface area (Å²) in [6, 6.07) is 10.9. The number of nitrogens with two attached hydrogens (primary N) is 1. The molecule has 0 aliphatic carbocycles. The van der Waals surface area contributed by atoms with E-state index < -0.39 is 0 Å². The molecule has 0 aliphatic heterocycles. The highest BCUT2D eigenvalue weighted by molar-refractivity contribution is 5.95. The van der Waals surface area contributed by atoms with Crippen molar-refractivity contribution in [1.82, 2.24) is 4.98 Å². The average molecular weight is 271 g/mol. The first-order valence-corrected chi connectivity index (χ1v) is 6.17. The number of aryl methyl sites for hydroxylation is 1. The summed E-state index contributed by atoms with van der Waals surface area (Å²) in [4.78, 5) is 4.37. The van der Waals surface area contributed by atoms with Crippen LogP contribution in [0.15, 0.2) is 36.4 Å². The minimum atomic E-state index is -0.0255. The van der Waals surface area contributed by atoms with Gasteiger partial charge in [-0.3, -0.25) is 10.4 Å². The van der Waals surface area contributed by atoms with Crippen molar-refractivity contribution in [2.24, 2.45) is 5.73 Å². The molecular weight excluding hydrogens is 254 g/mol. The number of amidine groups is 1. The van der Waals surface area contributed by atoms with Crippen molar-refractivity contribution in [3.05, 3.63) is 53.3 Å². The van der Waals surface area contributed by atoms with Crippen LogP contribution in [0.1, 0.15) is 17.0 Å². The number of nitrogens with zero attached hydrogens (tertiary/aromatic N) is 1. The van der Waals surface area contributed by atoms with Crippen molar-refractivity contribution in [2.45, 2.75) is 13.5 Å². The van der Waals surface area contributed by atoms with E-state index in [2.05, 4.69) is 4.98 Å². The standard InChI is InChI=1S/C15H17N3O2/c1-10-4-3-5-12(18-10)9-20-14-7-11(15(16)17)6-13(8-14)19-2/h3-8H,9H2,1-2H3,(H3,16,17). The van der Waals surface area contributed by atoms with Crippen LogP contribution in [0.4, 0.5) is 0 Å². The highest BCUT2D eigenvalue weighted by atomic mass is 16.5. The number of ether oxygens (including phenoxy) is 2. The Morgan fingerprint density at radius 2 is 2.00 bits per heavy atom. The van der Waals surface area contributed by atoms with Crippen molar-refractivity contribution in [3.63, 3.8) is 0 Å². The summed E-state index contributed by atoms with van der Waals surface area (Å²) in [6.07, 6.45) is 0. The zero-order valence-electron chi connectivity index (χ0n) is 11.5. The molecule has 0 spiro atoms. The van der Waals surface area contributed by atoms with E-state index in [1.807, 2.05) is 25.1 Å². The van der Waals surface area contributed by atoms with Gasteiger partial charge in [-0.2, -0.15) is 0 Å². The van der Waals surface area contributed by atoms with Crippen LogP contribution >= 0.6 is 0 Å². The van der Waals surface area contributed by atoms with Gasteiger partial charge in [0.25, 0.3) is 0 Å². The molecule has 0 saturated heterocycles. The van der Waals surface area contributed by atoms with E-state index in [4.69, 9.17) is 20.6 Å². The molecular formula is C15H17N3O2. The number of rotatable bonds is 5. The monoisotopic (exact) mass is 271 g/mol. The highest BCUT2D eigenvalue weighted by Crippen LogP contribution is 2.23. The summed E-state index contributed by atoms with van der Waals surface area (Å²) in [6.45, 7) is 2.29. The largest absolute Gasteiger partial charge is 0.497 e. The third-order valence-corrected chi connectivity index (χ3v) is 2.76. The van der Waals surface area contributed by atoms with Crippen LogP contribution in [0, 0.1) is 12.3 Å². The van der Waals surface area contributed by atoms with E-state index in [1.165, 1.54) is 0 Å². The van der Waals surface area contributed by atoms with Crippen LogP contribution in [0.25, 0.3) is 0 Å². The van der Waals surface area contributed by atoms with Gasteiger partial charge in [-0.25, -0.2) is 0 Å². The quantitative estimate of drug-likeness (QED) is 0.645. The SMILES string of the molecule is COc1cc(OCc2cccc(C)n2)cc(C(=N)N)c1. The molecule has 1 heterocycles. The van der Waals surface area contributed by atoms with Gasteiger partial charge in [0.15, 0.2) is 0 Å². The van der Waals surface area contributed by atoms with Gasteiger partial charge in [-0.05, 0) is 31.2 Å². The minimum Gasteiger partial charge on any atom is -0.497 e. The normalized spacial score (nSPS) is 10.1. The number of aromatic nitrogens is 1. The lowest BCUT2D eigenvalue weighted by atomic mass is 10.2. The highest BCUT2D eigenvalue weighted by Gasteiger charge is 2.05. The lowest BCUT2D eigenvalue weighted by Crippen LogP contribution is -2.11. The fraction of sp³-hybridized carbons (Fsp3) is 0.200. The van der Waals surface area contributed by atoms with Crippen molar-refractivity contribution < 1.29 is 9.47 Å². The van der Waals surface area contributed by atoms with E-state index in [1.54, 1.807) is 25.3 Å². The molecule has 0 fully saturated rings. The third kappa shape index (κ3) is 3.47. The summed E-state index contributed by atoms with van der Waals surface area (Å²) in [5.41, 5.74) is 7.85. The first kappa shape index (κ1) is 13.9. The average Bonchev–Trinajstić information content (AvgIpc) is 2.45. The predicted octanol–water partition coefficient (Wildman–Crippen LogP) is 2.26. The van der Waals surface area contributed by atoms with Crippen LogP contribution in [-0.2, 0) is 6.61 Å². The van der Waals surface area contributed by atoms with Crippen molar-refractivity contribution in [2.75, 3.05) is 7.11 Å². The maximum absolute atomic E-state index is 7.48. The number of methoxy groups -OCH3 is 1. The van der Waals surface area contributed by atoms with Crippen molar-refractivity contribution in [3.8, 4) is 11.5 Å². The summed E-state index contributed by atoms with van der Waals surface area (Å²) in [7, 11) is 1.56. The van der Waals surface area contributed by atoms with Crippen LogP contribution in [0.5, 0.6) is 11.5 Å². The molecule has 5 nitrogen and oxygen atoms in total. The molecule has 1 aromatic carbocycles. The molecule has 0 aliphatic rings. The fourth-order valence-electron chi connectivity index (χ4n) is 1.77. The Kier molecular flexibility index (Phi) is 4.20. The van der Waals surface area contributed by atoms with Crippen molar-refractivity contribution >= 4 is 5.84 Å². The van der Waals surface area contributed by atoms with Gasteiger partial charge in [0.2, 0.25) is 0 Å². The van der Waals surface area contributed by atoms with Crippen LogP contribution in [0.3, 0.4) is 0 Å². The zero-order chi connectivity index (χ0) is 14.5. The molecule has 0 unspecified atom stereocenters. The van der Waals surface area contributed by atoms with E-state index in [9.17, 15) is 0 Å². The molecule has 0 saturated carbocycles. The molecule has 0 atom stereocenters. The van der Waals surface area contributed by atoms with Gasteiger partial charge in [0.05, 0.1) is 12.8 Å². The second-order valence-electron chi connectivity index (χ2n) is 4.37. The molecule has 1 aromatic heterocycles. The smallest absolute Gasteiger partial charge is 0.130 e. The predicted molar refractivity (Wildman–Crippen MR) is 77.3 cm³/mol. The molecule has 2 aromatic rings. The van der Waals surface area contributed by atoms with E-state index in [0.717, 1.165) is 11.4 Å². The first-order chi connectivity index (χ1) is 9.58. The summed E-state index contributed by atoms with van der Waals surface area (Å²) < 4.78 is 10.9. The fourth-order valence-corrected chi connectivity index (χ4v) is 1.77. The molecule has 0 bridgehead atoms. The summed E-state index contributed by atoms with van der Waals surface area (Å²) >= 11 is 0. The number of nitrogen functional groups attached to an aromatic ring is 1. The Morgan fingerprint density at radius 3 is 2.65 bits per heavy atom. The first-order valence-electron chi connectivity index (χ1n) is 6.17. The molecule has 104 valence electrons. The molecule has 0 amide bonds. The Balaban J connectivity index is 2.16. The van der Waals surface area contributed by atoms with Gasteiger partial charge in [0, 0.05) is 17.3 Å². The second kappa shape index (κ2) is 6.06. The number of pyridine rings is 1. The molecule has 3 N–H and O–H groups in total. The van der Waals surface area contributed by atoms with E-state index in [-0.39, 0.29) is 5.84 Å². The number of nitrogens with one attached hydrogen (secondary N) is 1.